The Bertz CT molecular complexity index is 1880. The Kier molecular flexibility index (Phi) is 48.7. The summed E-state index contributed by atoms with van der Waals surface area (Å²) in [5.74, 6) is -3.35. The van der Waals surface area contributed by atoms with Crippen LogP contribution >= 0.6 is 0 Å². The zero-order chi connectivity index (χ0) is 57.5. The Hall–Kier alpha value is -5.14. The largest absolute Gasteiger partial charge is 0.479 e. The number of esters is 3. The van der Waals surface area contributed by atoms with Crippen LogP contribution in [0.3, 0.4) is 0 Å². The number of rotatable bonds is 49. The molecule has 0 spiro atoms. The Morgan fingerprint density at radius 3 is 1.28 bits per heavy atom. The summed E-state index contributed by atoms with van der Waals surface area (Å²) >= 11 is 0. The number of carbonyl (C=O) groups excluding carboxylic acids is 3. The molecule has 0 aromatic rings. The molecule has 0 aliphatic carbocycles. The predicted molar refractivity (Wildman–Crippen MR) is 321 cm³/mol. The van der Waals surface area contributed by atoms with Gasteiger partial charge < -0.3 is 39.0 Å². The van der Waals surface area contributed by atoms with Gasteiger partial charge in [-0.1, -0.05) is 212 Å². The van der Waals surface area contributed by atoms with Crippen LogP contribution in [0, 0.1) is 0 Å². The van der Waals surface area contributed by atoms with E-state index in [1.807, 2.05) is 18.2 Å². The highest BCUT2D eigenvalue weighted by Gasteiger charge is 2.50. The Morgan fingerprint density at radius 2 is 0.835 bits per heavy atom. The molecule has 1 rings (SSSR count). The van der Waals surface area contributed by atoms with Gasteiger partial charge in [-0.05, 0) is 116 Å². The molecule has 0 amide bonds. The van der Waals surface area contributed by atoms with E-state index in [-0.39, 0.29) is 25.9 Å². The van der Waals surface area contributed by atoms with Crippen LogP contribution < -0.4 is 0 Å². The number of aliphatic hydroxyl groups is 2. The second kappa shape index (κ2) is 53.5. The monoisotopic (exact) mass is 1100 g/mol. The zero-order valence-corrected chi connectivity index (χ0v) is 48.8. The molecule has 0 aromatic carbocycles. The lowest BCUT2D eigenvalue weighted by molar-refractivity contribution is -0.301. The molecule has 6 atom stereocenters. The van der Waals surface area contributed by atoms with Crippen molar-refractivity contribution >= 4 is 23.9 Å². The molecule has 79 heavy (non-hydrogen) atoms. The van der Waals surface area contributed by atoms with Gasteiger partial charge in [-0.25, -0.2) is 4.79 Å². The van der Waals surface area contributed by atoms with E-state index >= 15 is 0 Å². The van der Waals surface area contributed by atoms with E-state index < -0.39 is 67.3 Å². The predicted octanol–water partition coefficient (Wildman–Crippen LogP) is 15.8. The first-order chi connectivity index (χ1) is 38.6. The third-order valence-electron chi connectivity index (χ3n) is 12.7. The van der Waals surface area contributed by atoms with Gasteiger partial charge in [0.1, 0.15) is 18.8 Å². The van der Waals surface area contributed by atoms with Crippen LogP contribution in [0.15, 0.2) is 134 Å². The Morgan fingerprint density at radius 1 is 0.443 bits per heavy atom. The highest BCUT2D eigenvalue weighted by molar-refractivity contribution is 5.74. The third kappa shape index (κ3) is 43.4. The first-order valence-electron chi connectivity index (χ1n) is 30.2. The van der Waals surface area contributed by atoms with Crippen molar-refractivity contribution in [3.8, 4) is 0 Å². The molecule has 3 N–H and O–H groups in total. The molecule has 12 heteroatoms. The van der Waals surface area contributed by atoms with E-state index in [2.05, 4.69) is 130 Å². The molecule has 1 heterocycles. The molecule has 444 valence electrons. The molecule has 1 fully saturated rings. The summed E-state index contributed by atoms with van der Waals surface area (Å²) in [4.78, 5) is 51.1. The second-order valence-corrected chi connectivity index (χ2v) is 19.9. The minimum atomic E-state index is -1.93. The summed E-state index contributed by atoms with van der Waals surface area (Å²) in [7, 11) is 0. The maximum atomic E-state index is 13.1. The van der Waals surface area contributed by atoms with Gasteiger partial charge in [0.15, 0.2) is 24.6 Å². The van der Waals surface area contributed by atoms with E-state index in [1.165, 1.54) is 32.1 Å². The third-order valence-corrected chi connectivity index (χ3v) is 12.7. The van der Waals surface area contributed by atoms with E-state index in [9.17, 15) is 34.5 Å². The number of hydrogen-bond donors (Lipinski definition) is 3. The van der Waals surface area contributed by atoms with Crippen molar-refractivity contribution in [2.75, 3.05) is 13.2 Å². The number of aliphatic carboxylic acids is 1. The van der Waals surface area contributed by atoms with Crippen LogP contribution in [-0.2, 0) is 42.9 Å². The van der Waals surface area contributed by atoms with Crippen molar-refractivity contribution in [3.05, 3.63) is 134 Å². The van der Waals surface area contributed by atoms with Crippen LogP contribution in [0.5, 0.6) is 0 Å². The van der Waals surface area contributed by atoms with Crippen LogP contribution in [0.2, 0.25) is 0 Å². The topological polar surface area (TPSA) is 175 Å². The van der Waals surface area contributed by atoms with E-state index in [0.29, 0.717) is 19.3 Å². The van der Waals surface area contributed by atoms with Gasteiger partial charge in [-0.3, -0.25) is 14.4 Å². The number of unbranched alkanes of at least 4 members (excludes halogenated alkanes) is 14. The number of carbonyl (C=O) groups is 4. The van der Waals surface area contributed by atoms with E-state index in [1.54, 1.807) is 6.08 Å². The van der Waals surface area contributed by atoms with Crippen molar-refractivity contribution in [2.24, 2.45) is 0 Å². The number of carboxylic acid groups (broad SMARTS) is 1. The number of ether oxygens (including phenoxy) is 5. The van der Waals surface area contributed by atoms with Gasteiger partial charge in [-0.15, -0.1) is 0 Å². The molecule has 0 radical (unpaired) electrons. The lowest BCUT2D eigenvalue weighted by atomic mass is 9.98. The van der Waals surface area contributed by atoms with Crippen molar-refractivity contribution in [1.82, 2.24) is 0 Å². The summed E-state index contributed by atoms with van der Waals surface area (Å²) in [6.07, 6.45) is 63.0. The van der Waals surface area contributed by atoms with E-state index in [0.717, 1.165) is 122 Å². The van der Waals surface area contributed by atoms with Crippen LogP contribution in [0.4, 0.5) is 0 Å². The lowest BCUT2D eigenvalue weighted by Crippen LogP contribution is -2.61. The second-order valence-electron chi connectivity index (χ2n) is 19.9. The van der Waals surface area contributed by atoms with Gasteiger partial charge in [-0.2, -0.15) is 0 Å². The summed E-state index contributed by atoms with van der Waals surface area (Å²) in [5.41, 5.74) is 0. The van der Waals surface area contributed by atoms with Crippen molar-refractivity contribution in [2.45, 2.75) is 250 Å². The van der Waals surface area contributed by atoms with Gasteiger partial charge in [0.05, 0.1) is 13.0 Å². The van der Waals surface area contributed by atoms with Crippen LogP contribution in [-0.4, -0.2) is 89.2 Å². The minimum Gasteiger partial charge on any atom is -0.479 e. The fourth-order valence-electron chi connectivity index (χ4n) is 8.17. The SMILES string of the molecule is CC/C=C\C/C=C\C/C=C\C/C=C\C/C=C\CC(=O)OC(COC(=O)CCCCCCCCC/C=C\C/C=C\CCCCC)COC1OC(C(=O)O)C(O)C(O)C1OC(=O)CCCCCC/C=C\C/C=C\C/C=C\C/C=C\CC. The highest BCUT2D eigenvalue weighted by atomic mass is 16.7. The first kappa shape index (κ1) is 71.9. The molecule has 1 aliphatic rings. The van der Waals surface area contributed by atoms with Crippen molar-refractivity contribution < 1.29 is 58.2 Å². The number of hydrogen-bond acceptors (Lipinski definition) is 11. The molecule has 0 aromatic heterocycles. The minimum absolute atomic E-state index is 0.0138. The molecule has 12 nitrogen and oxygen atoms in total. The summed E-state index contributed by atoms with van der Waals surface area (Å²) in [5, 5.41) is 31.5. The number of allylic oxidation sites excluding steroid dienone is 21. The summed E-state index contributed by atoms with van der Waals surface area (Å²) in [6, 6.07) is 0. The fraction of sp³-hybridized carbons (Fsp3) is 0.612. The number of carboxylic acids is 1. The van der Waals surface area contributed by atoms with Gasteiger partial charge in [0.25, 0.3) is 0 Å². The molecular formula is C67H104O12. The average molecular weight is 1100 g/mol. The average Bonchev–Trinajstić information content (AvgIpc) is 3.46. The fourth-order valence-corrected chi connectivity index (χ4v) is 8.17. The summed E-state index contributed by atoms with van der Waals surface area (Å²) < 4.78 is 28.3. The molecule has 1 aliphatic heterocycles. The standard InChI is InChI=1S/C67H104O12/c1-4-7-10-13-16-19-22-25-28-30-33-35-38-41-44-47-50-53-59(68)75-56-58(77-60(69)54-51-48-45-42-39-36-32-27-24-21-18-15-12-9-6-3)57-76-67-65(63(72)62(71)64(79-67)66(73)74)78-61(70)55-52-49-46-43-40-37-34-31-29-26-23-20-17-14-11-8-5-2/h8-9,11-12,16-21,25-29,32,34,37,39,42,48,51,58,62-65,67,71-72H,4-7,10,13-15,22-24,30-31,33,35-36,38,40-41,43-47,49-50,52-57H2,1-3H3,(H,73,74)/b11-8-,12-9-,19-16-,20-17-,21-18-,28-25-,29-26-,32-27-,37-34-,42-39-,51-48-. The normalized spacial score (nSPS) is 18.8. The molecule has 0 saturated carbocycles. The number of aliphatic hydroxyl groups excluding tert-OH is 2. The maximum Gasteiger partial charge on any atom is 0.335 e. The first-order valence-corrected chi connectivity index (χ1v) is 30.2. The summed E-state index contributed by atoms with van der Waals surface area (Å²) in [6.45, 7) is 5.63. The molecule has 6 unspecified atom stereocenters. The quantitative estimate of drug-likeness (QED) is 0.0228. The molecular weight excluding hydrogens is 997 g/mol. The van der Waals surface area contributed by atoms with Gasteiger partial charge in [0, 0.05) is 12.8 Å². The smallest absolute Gasteiger partial charge is 0.335 e. The molecule has 0 bridgehead atoms. The van der Waals surface area contributed by atoms with Crippen molar-refractivity contribution in [1.29, 1.82) is 0 Å². The Labute approximate surface area is 477 Å². The highest BCUT2D eigenvalue weighted by Crippen LogP contribution is 2.26. The maximum absolute atomic E-state index is 13.1. The lowest BCUT2D eigenvalue weighted by Gasteiger charge is -2.40. The van der Waals surface area contributed by atoms with E-state index in [4.69, 9.17) is 23.7 Å². The van der Waals surface area contributed by atoms with Gasteiger partial charge >= 0.3 is 23.9 Å². The van der Waals surface area contributed by atoms with Crippen LogP contribution in [0.1, 0.15) is 213 Å². The molecule has 1 saturated heterocycles. The zero-order valence-electron chi connectivity index (χ0n) is 48.8. The van der Waals surface area contributed by atoms with Gasteiger partial charge in [0.2, 0.25) is 0 Å². The Balaban J connectivity index is 2.76. The van der Waals surface area contributed by atoms with Crippen LogP contribution in [0.25, 0.3) is 0 Å². The van der Waals surface area contributed by atoms with Crippen molar-refractivity contribution in [3.63, 3.8) is 0 Å².